The number of likely N-dealkylation sites (tertiary alicyclic amines) is 1. The first-order valence-electron chi connectivity index (χ1n) is 13.8. The molecular weight excluding hydrogens is 514 g/mol. The monoisotopic (exact) mass is 555 g/mol. The summed E-state index contributed by atoms with van der Waals surface area (Å²) >= 11 is 0. The van der Waals surface area contributed by atoms with Crippen LogP contribution in [0.1, 0.15) is 56.7 Å². The van der Waals surface area contributed by atoms with Gasteiger partial charge in [0.25, 0.3) is 0 Å². The average Bonchev–Trinajstić information content (AvgIpc) is 3.33. The standard InChI is InChI=1S/C31H41N3O4.ClH/c1-4-38-29(37)31(20-22-11-6-5-7-12-22)15-10-16-34(21-31)27(35)19-26(33-28(36)30(2,3)32)25-17-23-13-8-9-14-24(23)18-25;/h5-9,11-14,25-26H,4,10,15-21,32H2,1-3H3,(H,33,36);1H. The normalized spacial score (nSPS) is 19.9. The Bertz CT molecular complexity index is 1130. The fraction of sp³-hybridized carbons (Fsp3) is 0.516. The summed E-state index contributed by atoms with van der Waals surface area (Å²) in [7, 11) is 0. The lowest BCUT2D eigenvalue weighted by Gasteiger charge is -2.42. The number of carbonyl (C=O) groups is 3. The molecule has 0 spiro atoms. The average molecular weight is 556 g/mol. The van der Waals surface area contributed by atoms with E-state index in [1.807, 2.05) is 49.4 Å². The first-order valence-corrected chi connectivity index (χ1v) is 13.8. The Kier molecular flexibility index (Phi) is 10.2. The van der Waals surface area contributed by atoms with Gasteiger partial charge in [0.1, 0.15) is 0 Å². The van der Waals surface area contributed by atoms with Gasteiger partial charge in [-0.25, -0.2) is 0 Å². The van der Waals surface area contributed by atoms with Gasteiger partial charge in [-0.15, -0.1) is 12.4 Å². The Morgan fingerprint density at radius 2 is 1.69 bits per heavy atom. The lowest BCUT2D eigenvalue weighted by molar-refractivity contribution is -0.161. The zero-order chi connectivity index (χ0) is 27.3. The van der Waals surface area contributed by atoms with Gasteiger partial charge in [-0.2, -0.15) is 0 Å². The molecular formula is C31H42ClN3O4. The van der Waals surface area contributed by atoms with Gasteiger partial charge in [-0.3, -0.25) is 14.4 Å². The third-order valence-electron chi connectivity index (χ3n) is 7.97. The number of ether oxygens (including phenoxy) is 1. The molecule has 1 aliphatic heterocycles. The number of hydrogen-bond acceptors (Lipinski definition) is 5. The molecule has 8 heteroatoms. The highest BCUT2D eigenvalue weighted by Gasteiger charge is 2.45. The minimum atomic E-state index is -1.05. The number of halogens is 1. The van der Waals surface area contributed by atoms with Gasteiger partial charge in [-0.05, 0) is 75.5 Å². The maximum absolute atomic E-state index is 13.8. The van der Waals surface area contributed by atoms with Crippen LogP contribution in [0.4, 0.5) is 0 Å². The van der Waals surface area contributed by atoms with Gasteiger partial charge in [-0.1, -0.05) is 54.6 Å². The number of benzene rings is 2. The van der Waals surface area contributed by atoms with Crippen molar-refractivity contribution >= 4 is 30.2 Å². The molecule has 0 radical (unpaired) electrons. The number of fused-ring (bicyclic) bond motifs is 1. The number of nitrogens with zero attached hydrogens (tertiary/aromatic N) is 1. The van der Waals surface area contributed by atoms with Crippen LogP contribution in [0.3, 0.4) is 0 Å². The van der Waals surface area contributed by atoms with E-state index in [0.717, 1.165) is 24.8 Å². The second-order valence-corrected chi connectivity index (χ2v) is 11.5. The summed E-state index contributed by atoms with van der Waals surface area (Å²) in [5.74, 6) is -0.466. The number of esters is 1. The summed E-state index contributed by atoms with van der Waals surface area (Å²) in [4.78, 5) is 41.8. The predicted molar refractivity (Wildman–Crippen MR) is 154 cm³/mol. The highest BCUT2D eigenvalue weighted by molar-refractivity contribution is 5.86. The van der Waals surface area contributed by atoms with Gasteiger partial charge >= 0.3 is 5.97 Å². The molecule has 2 atom stereocenters. The van der Waals surface area contributed by atoms with Crippen molar-refractivity contribution in [3.05, 3.63) is 71.3 Å². The van der Waals surface area contributed by atoms with Crippen LogP contribution in [0.15, 0.2) is 54.6 Å². The third-order valence-corrected chi connectivity index (χ3v) is 7.97. The van der Waals surface area contributed by atoms with Gasteiger partial charge in [0.05, 0.1) is 17.6 Å². The summed E-state index contributed by atoms with van der Waals surface area (Å²) in [5, 5.41) is 3.10. The van der Waals surface area contributed by atoms with Crippen molar-refractivity contribution in [2.45, 2.75) is 70.9 Å². The minimum absolute atomic E-state index is 0. The molecule has 39 heavy (non-hydrogen) atoms. The van der Waals surface area contributed by atoms with Gasteiger partial charge in [0.15, 0.2) is 0 Å². The molecule has 1 fully saturated rings. The molecule has 1 heterocycles. The van der Waals surface area contributed by atoms with Crippen LogP contribution >= 0.6 is 12.4 Å². The Labute approximate surface area is 238 Å². The summed E-state index contributed by atoms with van der Waals surface area (Å²) in [6.45, 7) is 6.36. The first-order chi connectivity index (χ1) is 18.1. The molecule has 2 aromatic rings. The largest absolute Gasteiger partial charge is 0.466 e. The van der Waals surface area contributed by atoms with E-state index in [4.69, 9.17) is 10.5 Å². The van der Waals surface area contributed by atoms with Crippen LogP contribution in [-0.4, -0.2) is 54.0 Å². The van der Waals surface area contributed by atoms with Gasteiger partial charge < -0.3 is 20.7 Å². The van der Waals surface area contributed by atoms with Crippen molar-refractivity contribution in [3.63, 3.8) is 0 Å². The molecule has 0 saturated carbocycles. The van der Waals surface area contributed by atoms with Crippen molar-refractivity contribution in [3.8, 4) is 0 Å². The molecule has 3 N–H and O–H groups in total. The van der Waals surface area contributed by atoms with E-state index >= 15 is 0 Å². The molecule has 1 saturated heterocycles. The van der Waals surface area contributed by atoms with E-state index in [2.05, 4.69) is 17.4 Å². The number of carbonyl (C=O) groups excluding carboxylic acids is 3. The van der Waals surface area contributed by atoms with Crippen LogP contribution in [0.25, 0.3) is 0 Å². The molecule has 2 aromatic carbocycles. The fourth-order valence-corrected chi connectivity index (χ4v) is 5.88. The van der Waals surface area contributed by atoms with Crippen LogP contribution in [0.5, 0.6) is 0 Å². The maximum atomic E-state index is 13.8. The van der Waals surface area contributed by atoms with E-state index in [-0.39, 0.29) is 48.6 Å². The van der Waals surface area contributed by atoms with E-state index in [1.54, 1.807) is 18.7 Å². The topological polar surface area (TPSA) is 102 Å². The summed E-state index contributed by atoms with van der Waals surface area (Å²) in [6, 6.07) is 17.8. The van der Waals surface area contributed by atoms with Crippen LogP contribution < -0.4 is 11.1 Å². The summed E-state index contributed by atoms with van der Waals surface area (Å²) < 4.78 is 5.53. The Balaban J connectivity index is 0.00000420. The lowest BCUT2D eigenvalue weighted by atomic mass is 9.75. The predicted octanol–water partition coefficient (Wildman–Crippen LogP) is 3.85. The molecule has 2 unspecified atom stereocenters. The second kappa shape index (κ2) is 13.0. The lowest BCUT2D eigenvalue weighted by Crippen LogP contribution is -2.56. The van der Waals surface area contributed by atoms with Crippen LogP contribution in [-0.2, 0) is 38.4 Å². The molecule has 2 aliphatic rings. The number of nitrogens with one attached hydrogen (secondary N) is 1. The summed E-state index contributed by atoms with van der Waals surface area (Å²) in [5.41, 5.74) is 7.84. The van der Waals surface area contributed by atoms with Gasteiger partial charge in [0.2, 0.25) is 11.8 Å². The van der Waals surface area contributed by atoms with E-state index in [0.29, 0.717) is 32.5 Å². The smallest absolute Gasteiger partial charge is 0.314 e. The van der Waals surface area contributed by atoms with Crippen LogP contribution in [0.2, 0.25) is 0 Å². The number of rotatable bonds is 9. The number of piperidine rings is 1. The third kappa shape index (κ3) is 7.40. The number of nitrogens with two attached hydrogens (primary N) is 1. The zero-order valence-corrected chi connectivity index (χ0v) is 24.1. The molecule has 7 nitrogen and oxygen atoms in total. The Hall–Kier alpha value is -2.90. The van der Waals surface area contributed by atoms with E-state index in [1.165, 1.54) is 11.1 Å². The summed E-state index contributed by atoms with van der Waals surface area (Å²) in [6.07, 6.45) is 3.70. The highest BCUT2D eigenvalue weighted by atomic mass is 35.5. The first kappa shape index (κ1) is 30.6. The van der Waals surface area contributed by atoms with Crippen molar-refractivity contribution in [2.75, 3.05) is 19.7 Å². The van der Waals surface area contributed by atoms with E-state index in [9.17, 15) is 14.4 Å². The molecule has 4 rings (SSSR count). The van der Waals surface area contributed by atoms with E-state index < -0.39 is 11.0 Å². The fourth-order valence-electron chi connectivity index (χ4n) is 5.88. The van der Waals surface area contributed by atoms with Gasteiger partial charge in [0, 0.05) is 25.6 Å². The maximum Gasteiger partial charge on any atom is 0.314 e. The SMILES string of the molecule is CCOC(=O)C1(Cc2ccccc2)CCCN(C(=O)CC(NC(=O)C(C)(C)N)C2Cc3ccccc3C2)C1.Cl. The molecule has 1 aliphatic carbocycles. The number of hydrogen-bond donors (Lipinski definition) is 2. The minimum Gasteiger partial charge on any atom is -0.466 e. The molecule has 0 aromatic heterocycles. The second-order valence-electron chi connectivity index (χ2n) is 11.5. The highest BCUT2D eigenvalue weighted by Crippen LogP contribution is 2.36. The Morgan fingerprint density at radius 1 is 1.08 bits per heavy atom. The molecule has 212 valence electrons. The molecule has 2 amide bonds. The zero-order valence-electron chi connectivity index (χ0n) is 23.3. The van der Waals surface area contributed by atoms with Crippen molar-refractivity contribution in [1.82, 2.24) is 10.2 Å². The van der Waals surface area contributed by atoms with Crippen molar-refractivity contribution in [2.24, 2.45) is 17.1 Å². The van der Waals surface area contributed by atoms with Crippen LogP contribution in [0, 0.1) is 11.3 Å². The van der Waals surface area contributed by atoms with Crippen molar-refractivity contribution < 1.29 is 19.1 Å². The quantitative estimate of drug-likeness (QED) is 0.458. The Morgan fingerprint density at radius 3 is 2.28 bits per heavy atom. The van der Waals surface area contributed by atoms with Crippen molar-refractivity contribution in [1.29, 1.82) is 0 Å². The number of amides is 2. The molecule has 0 bridgehead atoms.